The minimum atomic E-state index is -0.518. The Hall–Kier alpha value is -1.25. The van der Waals surface area contributed by atoms with Crippen LogP contribution in [0.5, 0.6) is 5.75 Å². The molecule has 0 atom stereocenters. The van der Waals surface area contributed by atoms with E-state index in [-0.39, 0.29) is 23.8 Å². The minimum absolute atomic E-state index is 0.0966. The smallest absolute Gasteiger partial charge is 0.274 e. The van der Waals surface area contributed by atoms with Crippen LogP contribution in [-0.4, -0.2) is 17.3 Å². The number of Topliss-reactive ketones (excluding diaryl/α,β-unsaturated/α-hetero) is 1. The van der Waals surface area contributed by atoms with Gasteiger partial charge in [-0.15, -0.1) is 11.3 Å². The van der Waals surface area contributed by atoms with Crippen LogP contribution in [0.3, 0.4) is 0 Å². The summed E-state index contributed by atoms with van der Waals surface area (Å²) in [6, 6.07) is 7.70. The lowest BCUT2D eigenvalue weighted by molar-refractivity contribution is -0.385. The molecule has 0 aliphatic rings. The van der Waals surface area contributed by atoms with Crippen molar-refractivity contribution in [2.75, 3.05) is 6.61 Å². The van der Waals surface area contributed by atoms with Gasteiger partial charge in [0, 0.05) is 10.5 Å². The van der Waals surface area contributed by atoms with Gasteiger partial charge in [0.1, 0.15) is 5.75 Å². The van der Waals surface area contributed by atoms with E-state index in [0.29, 0.717) is 9.35 Å². The summed E-state index contributed by atoms with van der Waals surface area (Å²) < 4.78 is 6.69. The number of nitro benzene ring substituents is 1. The average molecular weight is 421 g/mol. The van der Waals surface area contributed by atoms with Gasteiger partial charge in [-0.05, 0) is 34.1 Å². The first kappa shape index (κ1) is 15.1. The third-order valence-corrected chi connectivity index (χ3v) is 4.41. The van der Waals surface area contributed by atoms with Crippen molar-refractivity contribution in [1.82, 2.24) is 0 Å². The number of ketones is 1. The predicted octanol–water partition coefficient (Wildman–Crippen LogP) is 4.44. The number of benzene rings is 1. The molecule has 0 fully saturated rings. The van der Waals surface area contributed by atoms with Gasteiger partial charge in [0.15, 0.2) is 6.61 Å². The molecule has 0 aliphatic carbocycles. The largest absolute Gasteiger partial charge is 0.485 e. The highest BCUT2D eigenvalue weighted by molar-refractivity contribution is 9.11. The van der Waals surface area contributed by atoms with E-state index in [1.807, 2.05) is 0 Å². The van der Waals surface area contributed by atoms with Crippen molar-refractivity contribution < 1.29 is 14.5 Å². The van der Waals surface area contributed by atoms with E-state index in [1.54, 1.807) is 18.2 Å². The summed E-state index contributed by atoms with van der Waals surface area (Å²) in [6.45, 7) is -0.166. The number of thiophene rings is 1. The molecule has 0 saturated carbocycles. The van der Waals surface area contributed by atoms with Crippen LogP contribution < -0.4 is 4.74 Å². The van der Waals surface area contributed by atoms with Crippen molar-refractivity contribution in [2.45, 2.75) is 0 Å². The van der Waals surface area contributed by atoms with Gasteiger partial charge in [-0.1, -0.05) is 15.9 Å². The molecule has 0 aliphatic heterocycles. The molecule has 104 valence electrons. The quantitative estimate of drug-likeness (QED) is 0.407. The lowest BCUT2D eigenvalue weighted by atomic mass is 10.3. The maximum absolute atomic E-state index is 11.9. The Kier molecular flexibility index (Phi) is 4.90. The fourth-order valence-electron chi connectivity index (χ4n) is 1.42. The summed E-state index contributed by atoms with van der Waals surface area (Å²) in [6.07, 6.45) is 0. The average Bonchev–Trinajstić information content (AvgIpc) is 2.82. The van der Waals surface area contributed by atoms with Crippen molar-refractivity contribution in [1.29, 1.82) is 0 Å². The molecule has 0 amide bonds. The summed E-state index contributed by atoms with van der Waals surface area (Å²) in [5.41, 5.74) is -0.0966. The molecular weight excluding hydrogens is 414 g/mol. The number of hydrogen-bond donors (Lipinski definition) is 0. The second-order valence-corrected chi connectivity index (χ2v) is 7.10. The number of nitro groups is 1. The van der Waals surface area contributed by atoms with Crippen molar-refractivity contribution in [2.24, 2.45) is 0 Å². The molecule has 2 rings (SSSR count). The van der Waals surface area contributed by atoms with E-state index < -0.39 is 4.92 Å². The Labute approximate surface area is 135 Å². The van der Waals surface area contributed by atoms with Crippen LogP contribution in [0.15, 0.2) is 38.6 Å². The Morgan fingerprint density at radius 3 is 2.65 bits per heavy atom. The third kappa shape index (κ3) is 3.87. The molecule has 0 unspecified atom stereocenters. The monoisotopic (exact) mass is 419 g/mol. The summed E-state index contributed by atoms with van der Waals surface area (Å²) in [5.74, 6) is 0.0957. The lowest BCUT2D eigenvalue weighted by Gasteiger charge is -2.05. The normalized spacial score (nSPS) is 10.3. The fourth-order valence-corrected chi connectivity index (χ4v) is 3.19. The van der Waals surface area contributed by atoms with Gasteiger partial charge in [-0.3, -0.25) is 14.9 Å². The van der Waals surface area contributed by atoms with Crippen LogP contribution >= 0.6 is 43.2 Å². The first-order chi connectivity index (χ1) is 9.45. The molecule has 0 radical (unpaired) electrons. The standard InChI is InChI=1S/C12H7Br2NO4S/c13-7-3-8(15(17)18)5-9(4-7)19-6-10(16)11-1-2-12(14)20-11/h1-5H,6H2. The van der Waals surface area contributed by atoms with Crippen molar-refractivity contribution in [3.8, 4) is 5.75 Å². The fraction of sp³-hybridized carbons (Fsp3) is 0.0833. The molecule has 0 N–H and O–H groups in total. The van der Waals surface area contributed by atoms with Crippen LogP contribution in [0, 0.1) is 10.1 Å². The van der Waals surface area contributed by atoms with Crippen LogP contribution in [0.1, 0.15) is 9.67 Å². The van der Waals surface area contributed by atoms with Crippen LogP contribution in [0.2, 0.25) is 0 Å². The molecule has 2 aromatic rings. The number of carbonyl (C=O) groups is 1. The van der Waals surface area contributed by atoms with E-state index in [9.17, 15) is 14.9 Å². The minimum Gasteiger partial charge on any atom is -0.485 e. The van der Waals surface area contributed by atoms with Gasteiger partial charge < -0.3 is 4.74 Å². The van der Waals surface area contributed by atoms with Crippen molar-refractivity contribution in [3.05, 3.63) is 53.6 Å². The van der Waals surface area contributed by atoms with Gasteiger partial charge in [-0.2, -0.15) is 0 Å². The molecule has 8 heteroatoms. The van der Waals surface area contributed by atoms with Crippen molar-refractivity contribution in [3.63, 3.8) is 0 Å². The molecule has 1 heterocycles. The molecule has 20 heavy (non-hydrogen) atoms. The number of non-ortho nitro benzene ring substituents is 1. The third-order valence-electron chi connectivity index (χ3n) is 2.28. The number of ether oxygens (including phenoxy) is 1. The SMILES string of the molecule is O=C(COc1cc(Br)cc([N+](=O)[O-])c1)c1ccc(Br)s1. The highest BCUT2D eigenvalue weighted by atomic mass is 79.9. The Balaban J connectivity index is 2.07. The van der Waals surface area contributed by atoms with Crippen LogP contribution in [0.25, 0.3) is 0 Å². The van der Waals surface area contributed by atoms with Crippen molar-refractivity contribution >= 4 is 54.7 Å². The zero-order valence-electron chi connectivity index (χ0n) is 9.84. The van der Waals surface area contributed by atoms with Gasteiger partial charge in [0.25, 0.3) is 5.69 Å². The van der Waals surface area contributed by atoms with E-state index in [2.05, 4.69) is 31.9 Å². The molecule has 0 spiro atoms. The van der Waals surface area contributed by atoms with Gasteiger partial charge in [0.2, 0.25) is 5.78 Å². The summed E-state index contributed by atoms with van der Waals surface area (Å²) in [7, 11) is 0. The van der Waals surface area contributed by atoms with E-state index >= 15 is 0 Å². The molecule has 1 aromatic heterocycles. The number of carbonyl (C=O) groups excluding carboxylic acids is 1. The molecular formula is C12H7Br2NO4S. The highest BCUT2D eigenvalue weighted by Gasteiger charge is 2.13. The first-order valence-corrected chi connectivity index (χ1v) is 7.72. The molecule has 0 saturated heterocycles. The zero-order valence-corrected chi connectivity index (χ0v) is 13.8. The Morgan fingerprint density at radius 1 is 1.30 bits per heavy atom. The maximum Gasteiger partial charge on any atom is 0.274 e. The van der Waals surface area contributed by atoms with Gasteiger partial charge in [0.05, 0.1) is 19.7 Å². The second-order valence-electron chi connectivity index (χ2n) is 3.72. The zero-order chi connectivity index (χ0) is 14.7. The van der Waals surface area contributed by atoms with E-state index in [1.165, 1.54) is 23.5 Å². The summed E-state index contributed by atoms with van der Waals surface area (Å²) in [5, 5.41) is 10.7. The topological polar surface area (TPSA) is 69.4 Å². The van der Waals surface area contributed by atoms with E-state index in [0.717, 1.165) is 3.79 Å². The number of hydrogen-bond acceptors (Lipinski definition) is 5. The maximum atomic E-state index is 11.9. The van der Waals surface area contributed by atoms with Crippen LogP contribution in [-0.2, 0) is 0 Å². The second kappa shape index (κ2) is 6.47. The predicted molar refractivity (Wildman–Crippen MR) is 82.6 cm³/mol. The van der Waals surface area contributed by atoms with Crippen LogP contribution in [0.4, 0.5) is 5.69 Å². The lowest BCUT2D eigenvalue weighted by Crippen LogP contribution is -2.10. The number of halogens is 2. The van der Waals surface area contributed by atoms with E-state index in [4.69, 9.17) is 4.74 Å². The Morgan fingerprint density at radius 2 is 2.05 bits per heavy atom. The van der Waals surface area contributed by atoms with Gasteiger partial charge in [-0.25, -0.2) is 0 Å². The highest BCUT2D eigenvalue weighted by Crippen LogP contribution is 2.27. The van der Waals surface area contributed by atoms with Gasteiger partial charge >= 0.3 is 0 Å². The summed E-state index contributed by atoms with van der Waals surface area (Å²) >= 11 is 7.75. The first-order valence-electron chi connectivity index (χ1n) is 5.32. The Bertz CT molecular complexity index is 671. The molecule has 5 nitrogen and oxygen atoms in total. The molecule has 1 aromatic carbocycles. The number of nitrogens with zero attached hydrogens (tertiary/aromatic N) is 1. The summed E-state index contributed by atoms with van der Waals surface area (Å²) in [4.78, 5) is 22.6. The molecule has 0 bridgehead atoms. The number of rotatable bonds is 5.